The van der Waals surface area contributed by atoms with E-state index in [9.17, 15) is 9.59 Å². The van der Waals surface area contributed by atoms with Gasteiger partial charge in [0.05, 0.1) is 21.3 Å². The Hall–Kier alpha value is -2.90. The zero-order valence-electron chi connectivity index (χ0n) is 16.9. The molecular formula is C20H29N3O5. The lowest BCUT2D eigenvalue weighted by Crippen LogP contribution is -2.50. The number of urea groups is 1. The van der Waals surface area contributed by atoms with Gasteiger partial charge in [-0.3, -0.25) is 10.2 Å². The van der Waals surface area contributed by atoms with E-state index in [0.29, 0.717) is 28.4 Å². The molecule has 1 aromatic rings. The highest BCUT2D eigenvalue weighted by Crippen LogP contribution is 2.35. The van der Waals surface area contributed by atoms with Gasteiger partial charge in [-0.25, -0.2) is 10.2 Å². The lowest BCUT2D eigenvalue weighted by Gasteiger charge is -2.22. The number of nitrogens with one attached hydrogen (secondary N) is 3. The third kappa shape index (κ3) is 5.80. The standard InChI is InChI=1S/C20H29N3O5/c1-13(10-14-11-17(27-3)18(28-4)12-16(14)26-2)19(24)22-23-20(25)21-15-8-6-5-7-9-15/h10-12,15H,5-9H2,1-4H3,(H,22,24)(H2,21,23,25). The largest absolute Gasteiger partial charge is 0.496 e. The number of hydrazine groups is 1. The molecule has 2 rings (SSSR count). The van der Waals surface area contributed by atoms with Crippen molar-refractivity contribution in [3.05, 3.63) is 23.3 Å². The van der Waals surface area contributed by atoms with Crippen LogP contribution in [0.2, 0.25) is 0 Å². The van der Waals surface area contributed by atoms with Crippen molar-refractivity contribution < 1.29 is 23.8 Å². The molecule has 1 aromatic carbocycles. The highest BCUT2D eigenvalue weighted by atomic mass is 16.5. The van der Waals surface area contributed by atoms with E-state index >= 15 is 0 Å². The Morgan fingerprint density at radius 2 is 1.54 bits per heavy atom. The van der Waals surface area contributed by atoms with Crippen LogP contribution in [0.4, 0.5) is 4.79 Å². The van der Waals surface area contributed by atoms with E-state index in [1.54, 1.807) is 25.1 Å². The Morgan fingerprint density at radius 3 is 2.14 bits per heavy atom. The van der Waals surface area contributed by atoms with E-state index in [0.717, 1.165) is 25.7 Å². The first-order valence-corrected chi connectivity index (χ1v) is 9.33. The summed E-state index contributed by atoms with van der Waals surface area (Å²) in [5.41, 5.74) is 5.86. The van der Waals surface area contributed by atoms with Gasteiger partial charge in [0, 0.05) is 23.2 Å². The van der Waals surface area contributed by atoms with Crippen molar-refractivity contribution in [1.82, 2.24) is 16.2 Å². The Labute approximate surface area is 165 Å². The van der Waals surface area contributed by atoms with Gasteiger partial charge in [-0.15, -0.1) is 0 Å². The molecule has 1 fully saturated rings. The van der Waals surface area contributed by atoms with Gasteiger partial charge >= 0.3 is 6.03 Å². The van der Waals surface area contributed by atoms with Crippen LogP contribution in [0.3, 0.4) is 0 Å². The first-order chi connectivity index (χ1) is 13.5. The van der Waals surface area contributed by atoms with Crippen LogP contribution in [0.5, 0.6) is 17.2 Å². The minimum absolute atomic E-state index is 0.165. The van der Waals surface area contributed by atoms with Crippen molar-refractivity contribution in [2.75, 3.05) is 21.3 Å². The zero-order valence-corrected chi connectivity index (χ0v) is 16.9. The number of benzene rings is 1. The fourth-order valence-electron chi connectivity index (χ4n) is 3.14. The summed E-state index contributed by atoms with van der Waals surface area (Å²) in [5.74, 6) is 1.16. The van der Waals surface area contributed by atoms with Gasteiger partial charge < -0.3 is 19.5 Å². The predicted octanol–water partition coefficient (Wildman–Crippen LogP) is 2.78. The molecule has 154 valence electrons. The summed E-state index contributed by atoms with van der Waals surface area (Å²) in [7, 11) is 4.60. The van der Waals surface area contributed by atoms with Gasteiger partial charge in [0.2, 0.25) is 0 Å². The maximum atomic E-state index is 12.3. The Morgan fingerprint density at radius 1 is 0.929 bits per heavy atom. The molecule has 3 amide bonds. The highest BCUT2D eigenvalue weighted by molar-refractivity contribution is 5.98. The lowest BCUT2D eigenvalue weighted by atomic mass is 9.96. The van der Waals surface area contributed by atoms with Crippen LogP contribution in [0, 0.1) is 0 Å². The van der Waals surface area contributed by atoms with Gasteiger partial charge in [0.25, 0.3) is 5.91 Å². The molecule has 1 aliphatic rings. The molecule has 0 bridgehead atoms. The summed E-state index contributed by atoms with van der Waals surface area (Å²) in [4.78, 5) is 24.2. The average Bonchev–Trinajstić information content (AvgIpc) is 2.72. The van der Waals surface area contributed by atoms with Crippen LogP contribution >= 0.6 is 0 Å². The Kier molecular flexibility index (Phi) is 7.98. The quantitative estimate of drug-likeness (QED) is 0.512. The molecule has 8 nitrogen and oxygen atoms in total. The smallest absolute Gasteiger partial charge is 0.333 e. The number of methoxy groups -OCH3 is 3. The molecular weight excluding hydrogens is 362 g/mol. The summed E-state index contributed by atoms with van der Waals surface area (Å²) in [6.45, 7) is 1.65. The Bertz CT molecular complexity index is 727. The topological polar surface area (TPSA) is 97.9 Å². The van der Waals surface area contributed by atoms with Crippen LogP contribution in [0.25, 0.3) is 6.08 Å². The van der Waals surface area contributed by atoms with E-state index in [-0.39, 0.29) is 6.04 Å². The fraction of sp³-hybridized carbons (Fsp3) is 0.500. The monoisotopic (exact) mass is 391 g/mol. The molecule has 0 spiro atoms. The summed E-state index contributed by atoms with van der Waals surface area (Å²) in [6.07, 6.45) is 7.04. The van der Waals surface area contributed by atoms with Gasteiger partial charge in [-0.1, -0.05) is 19.3 Å². The van der Waals surface area contributed by atoms with Crippen molar-refractivity contribution in [1.29, 1.82) is 0 Å². The molecule has 28 heavy (non-hydrogen) atoms. The molecule has 0 heterocycles. The molecule has 0 atom stereocenters. The first kappa shape index (κ1) is 21.4. The minimum atomic E-state index is -0.421. The van der Waals surface area contributed by atoms with Crippen molar-refractivity contribution in [2.24, 2.45) is 0 Å². The number of rotatable bonds is 6. The fourth-order valence-corrected chi connectivity index (χ4v) is 3.14. The number of carbonyl (C=O) groups is 2. The minimum Gasteiger partial charge on any atom is -0.496 e. The van der Waals surface area contributed by atoms with Crippen LogP contribution in [-0.2, 0) is 4.79 Å². The second-order valence-corrected chi connectivity index (χ2v) is 6.66. The molecule has 0 aromatic heterocycles. The van der Waals surface area contributed by atoms with Crippen molar-refractivity contribution in [3.63, 3.8) is 0 Å². The van der Waals surface area contributed by atoms with Crippen LogP contribution in [-0.4, -0.2) is 39.3 Å². The van der Waals surface area contributed by atoms with Crippen molar-refractivity contribution >= 4 is 18.0 Å². The van der Waals surface area contributed by atoms with Gasteiger partial charge in [-0.05, 0) is 31.9 Å². The number of hydrogen-bond acceptors (Lipinski definition) is 5. The van der Waals surface area contributed by atoms with E-state index in [1.807, 2.05) is 0 Å². The molecule has 0 radical (unpaired) electrons. The highest BCUT2D eigenvalue weighted by Gasteiger charge is 2.16. The summed E-state index contributed by atoms with van der Waals surface area (Å²) in [6, 6.07) is 3.17. The Balaban J connectivity index is 1.99. The molecule has 1 aliphatic carbocycles. The van der Waals surface area contributed by atoms with Crippen molar-refractivity contribution in [2.45, 2.75) is 45.1 Å². The van der Waals surface area contributed by atoms with Crippen LogP contribution in [0.15, 0.2) is 17.7 Å². The molecule has 8 heteroatoms. The SMILES string of the molecule is COc1cc(OC)c(OC)cc1C=C(C)C(=O)NNC(=O)NC1CCCCC1. The van der Waals surface area contributed by atoms with Crippen LogP contribution < -0.4 is 30.4 Å². The average molecular weight is 391 g/mol. The van der Waals surface area contributed by atoms with E-state index in [1.165, 1.54) is 27.8 Å². The van der Waals surface area contributed by atoms with Gasteiger partial charge in [-0.2, -0.15) is 0 Å². The molecule has 0 aliphatic heterocycles. The number of hydrogen-bond donors (Lipinski definition) is 3. The second kappa shape index (κ2) is 10.4. The third-order valence-electron chi connectivity index (χ3n) is 4.70. The van der Waals surface area contributed by atoms with E-state index in [2.05, 4.69) is 16.2 Å². The zero-order chi connectivity index (χ0) is 20.5. The van der Waals surface area contributed by atoms with E-state index in [4.69, 9.17) is 14.2 Å². The molecule has 0 saturated heterocycles. The molecule has 0 unspecified atom stereocenters. The first-order valence-electron chi connectivity index (χ1n) is 9.33. The normalized spacial score (nSPS) is 14.8. The maximum absolute atomic E-state index is 12.3. The van der Waals surface area contributed by atoms with Crippen molar-refractivity contribution in [3.8, 4) is 17.2 Å². The van der Waals surface area contributed by atoms with Gasteiger partial charge in [0.1, 0.15) is 5.75 Å². The predicted molar refractivity (Wildman–Crippen MR) is 106 cm³/mol. The van der Waals surface area contributed by atoms with Crippen LogP contribution in [0.1, 0.15) is 44.6 Å². The van der Waals surface area contributed by atoms with Gasteiger partial charge in [0.15, 0.2) is 11.5 Å². The van der Waals surface area contributed by atoms with E-state index < -0.39 is 11.9 Å². The maximum Gasteiger partial charge on any atom is 0.333 e. The number of ether oxygens (including phenoxy) is 3. The lowest BCUT2D eigenvalue weighted by molar-refractivity contribution is -0.118. The third-order valence-corrected chi connectivity index (χ3v) is 4.70. The number of carbonyl (C=O) groups excluding carboxylic acids is 2. The molecule has 1 saturated carbocycles. The molecule has 3 N–H and O–H groups in total. The second-order valence-electron chi connectivity index (χ2n) is 6.66. The summed E-state index contributed by atoms with van der Waals surface area (Å²) >= 11 is 0. The number of amides is 3. The summed E-state index contributed by atoms with van der Waals surface area (Å²) < 4.78 is 15.9. The summed E-state index contributed by atoms with van der Waals surface area (Å²) in [5, 5.41) is 2.87.